The SMILES string of the molecule is COc1ccc(NS(=O)(=O)CCO)cc1Br. The Labute approximate surface area is 103 Å². The lowest BCUT2D eigenvalue weighted by atomic mass is 10.3. The van der Waals surface area contributed by atoms with Crippen LogP contribution in [-0.4, -0.2) is 33.0 Å². The van der Waals surface area contributed by atoms with Crippen LogP contribution in [0.2, 0.25) is 0 Å². The van der Waals surface area contributed by atoms with Crippen LogP contribution < -0.4 is 9.46 Å². The highest BCUT2D eigenvalue weighted by Crippen LogP contribution is 2.28. The summed E-state index contributed by atoms with van der Waals surface area (Å²) in [7, 11) is -1.96. The van der Waals surface area contributed by atoms with E-state index in [4.69, 9.17) is 9.84 Å². The maximum absolute atomic E-state index is 11.3. The Morgan fingerprint density at radius 3 is 2.69 bits per heavy atom. The lowest BCUT2D eigenvalue weighted by molar-refractivity contribution is 0.320. The fraction of sp³-hybridized carbons (Fsp3) is 0.333. The molecule has 2 N–H and O–H groups in total. The van der Waals surface area contributed by atoms with E-state index in [-0.39, 0.29) is 5.75 Å². The topological polar surface area (TPSA) is 75.6 Å². The molecular formula is C9H12BrNO4S. The predicted molar refractivity (Wildman–Crippen MR) is 65.2 cm³/mol. The third kappa shape index (κ3) is 3.66. The molecule has 0 heterocycles. The molecule has 0 amide bonds. The predicted octanol–water partition coefficient (Wildman–Crippen LogP) is 1.19. The van der Waals surface area contributed by atoms with E-state index < -0.39 is 16.6 Å². The number of hydrogen-bond acceptors (Lipinski definition) is 4. The van der Waals surface area contributed by atoms with E-state index in [1.165, 1.54) is 7.11 Å². The zero-order chi connectivity index (χ0) is 12.2. The number of ether oxygens (including phenoxy) is 1. The summed E-state index contributed by atoms with van der Waals surface area (Å²) in [6, 6.07) is 4.81. The van der Waals surface area contributed by atoms with Crippen LogP contribution in [0, 0.1) is 0 Å². The molecule has 0 bridgehead atoms. The van der Waals surface area contributed by atoms with Crippen molar-refractivity contribution in [3.63, 3.8) is 0 Å². The molecule has 7 heteroatoms. The van der Waals surface area contributed by atoms with Crippen LogP contribution in [0.1, 0.15) is 0 Å². The molecule has 5 nitrogen and oxygen atoms in total. The molecule has 1 aromatic rings. The maximum atomic E-state index is 11.3. The van der Waals surface area contributed by atoms with Gasteiger partial charge in [-0.25, -0.2) is 8.42 Å². The standard InChI is InChI=1S/C9H12BrNO4S/c1-15-9-3-2-7(6-8(9)10)11-16(13,14)5-4-12/h2-3,6,11-12H,4-5H2,1H3. The molecule has 0 saturated carbocycles. The minimum absolute atomic E-state index is 0.323. The zero-order valence-corrected chi connectivity index (χ0v) is 11.0. The van der Waals surface area contributed by atoms with Gasteiger partial charge < -0.3 is 9.84 Å². The number of aliphatic hydroxyl groups excluding tert-OH is 1. The number of rotatable bonds is 5. The van der Waals surface area contributed by atoms with Crippen LogP contribution in [0.5, 0.6) is 5.75 Å². The Morgan fingerprint density at radius 1 is 1.50 bits per heavy atom. The fourth-order valence-corrected chi connectivity index (χ4v) is 2.45. The molecule has 0 aliphatic heterocycles. The summed E-state index contributed by atoms with van der Waals surface area (Å²) in [6.45, 7) is -0.410. The Hall–Kier alpha value is -0.790. The van der Waals surface area contributed by atoms with Gasteiger partial charge in [-0.1, -0.05) is 0 Å². The number of halogens is 1. The van der Waals surface area contributed by atoms with Crippen LogP contribution in [0.3, 0.4) is 0 Å². The van der Waals surface area contributed by atoms with Gasteiger partial charge in [0.15, 0.2) is 0 Å². The van der Waals surface area contributed by atoms with E-state index in [1.54, 1.807) is 18.2 Å². The first kappa shape index (κ1) is 13.3. The molecule has 0 aliphatic carbocycles. The van der Waals surface area contributed by atoms with Gasteiger partial charge in [-0.15, -0.1) is 0 Å². The van der Waals surface area contributed by atoms with Gasteiger partial charge in [0.2, 0.25) is 10.0 Å². The Bertz CT molecular complexity index is 461. The summed E-state index contributed by atoms with van der Waals surface area (Å²) in [5.74, 6) is 0.293. The molecular weight excluding hydrogens is 298 g/mol. The number of methoxy groups -OCH3 is 1. The van der Waals surface area contributed by atoms with Crippen LogP contribution in [-0.2, 0) is 10.0 Å². The molecule has 0 saturated heterocycles. The number of benzene rings is 1. The Morgan fingerprint density at radius 2 is 2.19 bits per heavy atom. The fourth-order valence-electron chi connectivity index (χ4n) is 1.08. The van der Waals surface area contributed by atoms with E-state index in [2.05, 4.69) is 20.7 Å². The Balaban J connectivity index is 2.87. The van der Waals surface area contributed by atoms with E-state index >= 15 is 0 Å². The average molecular weight is 310 g/mol. The highest BCUT2D eigenvalue weighted by atomic mass is 79.9. The van der Waals surface area contributed by atoms with Gasteiger partial charge in [0.05, 0.1) is 23.9 Å². The molecule has 0 aromatic heterocycles. The largest absolute Gasteiger partial charge is 0.496 e. The summed E-state index contributed by atoms with van der Waals surface area (Å²) >= 11 is 3.24. The molecule has 0 aliphatic rings. The lowest BCUT2D eigenvalue weighted by Gasteiger charge is -2.09. The summed E-state index contributed by atoms with van der Waals surface area (Å²) in [5.41, 5.74) is 0.418. The Kier molecular flexibility index (Phi) is 4.57. The van der Waals surface area contributed by atoms with Gasteiger partial charge in [0.1, 0.15) is 5.75 Å². The molecule has 90 valence electrons. The minimum Gasteiger partial charge on any atom is -0.496 e. The van der Waals surface area contributed by atoms with Crippen LogP contribution >= 0.6 is 15.9 Å². The van der Waals surface area contributed by atoms with Crippen molar-refractivity contribution in [1.29, 1.82) is 0 Å². The average Bonchev–Trinajstić information content (AvgIpc) is 2.17. The van der Waals surface area contributed by atoms with Crippen molar-refractivity contribution in [3.8, 4) is 5.75 Å². The second-order valence-electron chi connectivity index (χ2n) is 2.99. The van der Waals surface area contributed by atoms with Crippen molar-refractivity contribution in [1.82, 2.24) is 0 Å². The normalized spacial score (nSPS) is 11.2. The van der Waals surface area contributed by atoms with E-state index in [0.29, 0.717) is 15.9 Å². The van der Waals surface area contributed by atoms with Crippen LogP contribution in [0.25, 0.3) is 0 Å². The van der Waals surface area contributed by atoms with Crippen molar-refractivity contribution in [2.75, 3.05) is 24.2 Å². The van der Waals surface area contributed by atoms with Crippen molar-refractivity contribution in [2.45, 2.75) is 0 Å². The lowest BCUT2D eigenvalue weighted by Crippen LogP contribution is -2.18. The summed E-state index contributed by atoms with van der Waals surface area (Å²) in [6.07, 6.45) is 0. The molecule has 0 radical (unpaired) electrons. The summed E-state index contributed by atoms with van der Waals surface area (Å²) in [4.78, 5) is 0. The smallest absolute Gasteiger partial charge is 0.234 e. The van der Waals surface area contributed by atoms with Crippen LogP contribution in [0.15, 0.2) is 22.7 Å². The number of nitrogens with one attached hydrogen (secondary N) is 1. The van der Waals surface area contributed by atoms with Gasteiger partial charge in [-0.2, -0.15) is 0 Å². The third-order valence-corrected chi connectivity index (χ3v) is 3.67. The molecule has 1 aromatic carbocycles. The second-order valence-corrected chi connectivity index (χ2v) is 5.69. The number of sulfonamides is 1. The minimum atomic E-state index is -3.48. The summed E-state index contributed by atoms with van der Waals surface area (Å²) < 4.78 is 30.7. The maximum Gasteiger partial charge on any atom is 0.234 e. The van der Waals surface area contributed by atoms with E-state index in [0.717, 1.165) is 0 Å². The van der Waals surface area contributed by atoms with E-state index in [9.17, 15) is 8.42 Å². The van der Waals surface area contributed by atoms with Crippen molar-refractivity contribution < 1.29 is 18.3 Å². The number of anilines is 1. The van der Waals surface area contributed by atoms with Crippen molar-refractivity contribution in [2.24, 2.45) is 0 Å². The van der Waals surface area contributed by atoms with Gasteiger partial charge in [-0.3, -0.25) is 4.72 Å². The first-order valence-electron chi connectivity index (χ1n) is 4.43. The van der Waals surface area contributed by atoms with Gasteiger partial charge >= 0.3 is 0 Å². The highest BCUT2D eigenvalue weighted by molar-refractivity contribution is 9.10. The highest BCUT2D eigenvalue weighted by Gasteiger charge is 2.10. The van der Waals surface area contributed by atoms with E-state index in [1.807, 2.05) is 0 Å². The number of aliphatic hydroxyl groups is 1. The molecule has 0 atom stereocenters. The first-order valence-corrected chi connectivity index (χ1v) is 6.88. The number of hydrogen-bond donors (Lipinski definition) is 2. The third-order valence-electron chi connectivity index (χ3n) is 1.79. The monoisotopic (exact) mass is 309 g/mol. The molecule has 0 spiro atoms. The molecule has 0 fully saturated rings. The summed E-state index contributed by atoms with van der Waals surface area (Å²) in [5, 5.41) is 8.57. The molecule has 0 unspecified atom stereocenters. The molecule has 16 heavy (non-hydrogen) atoms. The van der Waals surface area contributed by atoms with Gasteiger partial charge in [-0.05, 0) is 34.1 Å². The second kappa shape index (κ2) is 5.51. The zero-order valence-electron chi connectivity index (χ0n) is 8.60. The van der Waals surface area contributed by atoms with Crippen LogP contribution in [0.4, 0.5) is 5.69 Å². The molecule has 1 rings (SSSR count). The van der Waals surface area contributed by atoms with Gasteiger partial charge in [0, 0.05) is 5.69 Å². The van der Waals surface area contributed by atoms with Crippen molar-refractivity contribution >= 4 is 31.6 Å². The first-order chi connectivity index (χ1) is 7.48. The quantitative estimate of drug-likeness (QED) is 0.857. The van der Waals surface area contributed by atoms with Crippen molar-refractivity contribution in [3.05, 3.63) is 22.7 Å². The van der Waals surface area contributed by atoms with Gasteiger partial charge in [0.25, 0.3) is 0 Å².